The Labute approximate surface area is 175 Å². The van der Waals surface area contributed by atoms with Gasteiger partial charge in [-0.15, -0.1) is 0 Å². The zero-order valence-corrected chi connectivity index (χ0v) is 17.6. The van der Waals surface area contributed by atoms with Gasteiger partial charge in [0.15, 0.2) is 5.76 Å². The second-order valence-corrected chi connectivity index (χ2v) is 9.08. The van der Waals surface area contributed by atoms with E-state index in [-0.39, 0.29) is 18.0 Å². The normalized spacial score (nSPS) is 11.8. The van der Waals surface area contributed by atoms with Crippen molar-refractivity contribution in [3.05, 3.63) is 95.6 Å². The van der Waals surface area contributed by atoms with Gasteiger partial charge in [-0.2, -0.15) is 4.31 Å². The van der Waals surface area contributed by atoms with Crippen molar-refractivity contribution in [1.82, 2.24) is 9.46 Å². The summed E-state index contributed by atoms with van der Waals surface area (Å²) in [5, 5.41) is 4.11. The zero-order chi connectivity index (χ0) is 21.1. The summed E-state index contributed by atoms with van der Waals surface area (Å²) in [5.41, 5.74) is 3.77. The van der Waals surface area contributed by atoms with Crippen molar-refractivity contribution in [1.29, 1.82) is 0 Å². The third kappa shape index (κ3) is 4.22. The zero-order valence-electron chi connectivity index (χ0n) is 16.8. The average molecular weight is 423 g/mol. The van der Waals surface area contributed by atoms with Gasteiger partial charge < -0.3 is 8.94 Å². The van der Waals surface area contributed by atoms with Crippen LogP contribution < -0.4 is 0 Å². The highest BCUT2D eigenvalue weighted by atomic mass is 32.2. The summed E-state index contributed by atoms with van der Waals surface area (Å²) >= 11 is 0. The Morgan fingerprint density at radius 3 is 2.40 bits per heavy atom. The molecule has 0 saturated carbocycles. The first-order valence-electron chi connectivity index (χ1n) is 9.54. The Morgan fingerprint density at radius 1 is 0.900 bits per heavy atom. The molecule has 4 aromatic rings. The largest absolute Gasteiger partial charge is 0.468 e. The molecule has 0 N–H and O–H groups in total. The van der Waals surface area contributed by atoms with Crippen LogP contribution in [0.5, 0.6) is 0 Å². The Hall–Kier alpha value is -3.16. The molecule has 0 aliphatic rings. The van der Waals surface area contributed by atoms with Crippen molar-refractivity contribution in [2.45, 2.75) is 31.8 Å². The van der Waals surface area contributed by atoms with Crippen molar-refractivity contribution >= 4 is 10.0 Å². The molecule has 0 aliphatic carbocycles. The maximum absolute atomic E-state index is 13.2. The van der Waals surface area contributed by atoms with E-state index in [4.69, 9.17) is 8.94 Å². The van der Waals surface area contributed by atoms with Crippen LogP contribution in [0.25, 0.3) is 11.3 Å². The first-order chi connectivity index (χ1) is 14.4. The molecule has 0 bridgehead atoms. The SMILES string of the molecule is Cc1ccc(-c2cc(CN(Cc3ccco3)S(=O)(=O)c3ccccc3)no2)cc1C. The van der Waals surface area contributed by atoms with Crippen molar-refractivity contribution < 1.29 is 17.4 Å². The van der Waals surface area contributed by atoms with E-state index < -0.39 is 10.0 Å². The molecule has 0 saturated heterocycles. The number of sulfonamides is 1. The van der Waals surface area contributed by atoms with Gasteiger partial charge >= 0.3 is 0 Å². The lowest BCUT2D eigenvalue weighted by Gasteiger charge is -2.20. The average Bonchev–Trinajstić information content (AvgIpc) is 3.42. The summed E-state index contributed by atoms with van der Waals surface area (Å²) in [4.78, 5) is 0.217. The second-order valence-electron chi connectivity index (χ2n) is 7.15. The molecule has 154 valence electrons. The maximum atomic E-state index is 13.2. The van der Waals surface area contributed by atoms with Gasteiger partial charge in [0.2, 0.25) is 10.0 Å². The third-order valence-corrected chi connectivity index (χ3v) is 6.79. The fourth-order valence-corrected chi connectivity index (χ4v) is 4.54. The van der Waals surface area contributed by atoms with Gasteiger partial charge in [0.05, 0.1) is 29.9 Å². The minimum atomic E-state index is -3.75. The van der Waals surface area contributed by atoms with E-state index in [0.717, 1.165) is 11.1 Å². The van der Waals surface area contributed by atoms with Crippen molar-refractivity contribution in [3.8, 4) is 11.3 Å². The van der Waals surface area contributed by atoms with E-state index in [1.807, 2.05) is 32.0 Å². The Bertz CT molecular complexity index is 1230. The highest BCUT2D eigenvalue weighted by molar-refractivity contribution is 7.89. The molecule has 30 heavy (non-hydrogen) atoms. The molecule has 2 aromatic carbocycles. The first kappa shape index (κ1) is 20.1. The molecule has 0 amide bonds. The Balaban J connectivity index is 1.64. The molecule has 0 radical (unpaired) electrons. The van der Waals surface area contributed by atoms with Crippen LogP contribution in [0.3, 0.4) is 0 Å². The Kier molecular flexibility index (Phi) is 5.57. The number of furan rings is 1. The number of benzene rings is 2. The lowest BCUT2D eigenvalue weighted by atomic mass is 10.0. The molecular weight excluding hydrogens is 400 g/mol. The van der Waals surface area contributed by atoms with Crippen LogP contribution in [0.1, 0.15) is 22.6 Å². The topological polar surface area (TPSA) is 76.6 Å². The molecule has 2 heterocycles. The van der Waals surface area contributed by atoms with Gasteiger partial charge in [-0.05, 0) is 55.3 Å². The van der Waals surface area contributed by atoms with Gasteiger partial charge in [0, 0.05) is 11.6 Å². The summed E-state index contributed by atoms with van der Waals surface area (Å²) in [6.07, 6.45) is 1.52. The molecule has 0 atom stereocenters. The smallest absolute Gasteiger partial charge is 0.243 e. The van der Waals surface area contributed by atoms with Gasteiger partial charge in [-0.1, -0.05) is 35.5 Å². The number of aryl methyl sites for hydroxylation is 2. The van der Waals surface area contributed by atoms with Crippen LogP contribution in [0.15, 0.2) is 86.8 Å². The standard InChI is InChI=1S/C23H22N2O4S/c1-17-10-11-19(13-18(17)2)23-14-20(24-29-23)15-25(16-21-7-6-12-28-21)30(26,27)22-8-4-3-5-9-22/h3-14H,15-16H2,1-2H3. The van der Waals surface area contributed by atoms with E-state index >= 15 is 0 Å². The van der Waals surface area contributed by atoms with E-state index in [1.54, 1.807) is 48.5 Å². The van der Waals surface area contributed by atoms with E-state index in [9.17, 15) is 8.42 Å². The summed E-state index contributed by atoms with van der Waals surface area (Å²) < 4.78 is 38.7. The Morgan fingerprint density at radius 2 is 1.70 bits per heavy atom. The van der Waals surface area contributed by atoms with Crippen LogP contribution >= 0.6 is 0 Å². The number of hydrogen-bond donors (Lipinski definition) is 0. The maximum Gasteiger partial charge on any atom is 0.243 e. The van der Waals surface area contributed by atoms with Crippen molar-refractivity contribution in [3.63, 3.8) is 0 Å². The molecule has 7 heteroatoms. The predicted molar refractivity (Wildman–Crippen MR) is 113 cm³/mol. The summed E-state index contributed by atoms with van der Waals surface area (Å²) in [7, 11) is -3.75. The lowest BCUT2D eigenvalue weighted by molar-refractivity contribution is 0.343. The van der Waals surface area contributed by atoms with Crippen molar-refractivity contribution in [2.24, 2.45) is 0 Å². The predicted octanol–water partition coefficient (Wildman–Crippen LogP) is 4.94. The fraction of sp³-hybridized carbons (Fsp3) is 0.174. The number of nitrogens with zero attached hydrogens (tertiary/aromatic N) is 2. The van der Waals surface area contributed by atoms with Crippen molar-refractivity contribution in [2.75, 3.05) is 0 Å². The third-order valence-electron chi connectivity index (χ3n) is 4.98. The second kappa shape index (κ2) is 8.30. The molecule has 6 nitrogen and oxygen atoms in total. The summed E-state index contributed by atoms with van der Waals surface area (Å²) in [6, 6.07) is 19.6. The van der Waals surface area contributed by atoms with E-state index in [2.05, 4.69) is 5.16 Å². The highest BCUT2D eigenvalue weighted by Gasteiger charge is 2.27. The van der Waals surface area contributed by atoms with Crippen LogP contribution in [0.2, 0.25) is 0 Å². The molecule has 2 aromatic heterocycles. The van der Waals surface area contributed by atoms with Gasteiger partial charge in [-0.25, -0.2) is 8.42 Å². The quantitative estimate of drug-likeness (QED) is 0.421. The molecule has 0 fully saturated rings. The van der Waals surface area contributed by atoms with Gasteiger partial charge in [0.25, 0.3) is 0 Å². The molecular formula is C23H22N2O4S. The fourth-order valence-electron chi connectivity index (χ4n) is 3.14. The monoisotopic (exact) mass is 422 g/mol. The van der Waals surface area contributed by atoms with Crippen LogP contribution in [-0.4, -0.2) is 17.9 Å². The molecule has 0 aliphatic heterocycles. The number of hydrogen-bond acceptors (Lipinski definition) is 5. The van der Waals surface area contributed by atoms with Crippen LogP contribution in [0, 0.1) is 13.8 Å². The summed E-state index contributed by atoms with van der Waals surface area (Å²) in [5.74, 6) is 1.15. The first-order valence-corrected chi connectivity index (χ1v) is 11.0. The summed E-state index contributed by atoms with van der Waals surface area (Å²) in [6.45, 7) is 4.24. The van der Waals surface area contributed by atoms with E-state index in [1.165, 1.54) is 16.1 Å². The van der Waals surface area contributed by atoms with E-state index in [0.29, 0.717) is 17.2 Å². The van der Waals surface area contributed by atoms with Crippen LogP contribution in [-0.2, 0) is 23.1 Å². The molecule has 0 spiro atoms. The van der Waals surface area contributed by atoms with Crippen LogP contribution in [0.4, 0.5) is 0 Å². The minimum absolute atomic E-state index is 0.0618. The minimum Gasteiger partial charge on any atom is -0.468 e. The molecule has 4 rings (SSSR count). The highest BCUT2D eigenvalue weighted by Crippen LogP contribution is 2.26. The lowest BCUT2D eigenvalue weighted by Crippen LogP contribution is -2.30. The molecule has 0 unspecified atom stereocenters. The number of rotatable bonds is 7. The van der Waals surface area contributed by atoms with Gasteiger partial charge in [0.1, 0.15) is 5.76 Å². The van der Waals surface area contributed by atoms with Gasteiger partial charge in [-0.3, -0.25) is 0 Å². The number of aromatic nitrogens is 1.